The number of carbonyl (C=O) groups is 1. The standard InChI is InChI=1S/C19H20N2O3/c1-2-23-19(22)15-5-7-16(8-6-15)24-18-17(4-3-11-21-18)14-9-12-20-13-10-14/h3-9,11,20H,2,10,12-13H2,1H3. The summed E-state index contributed by atoms with van der Waals surface area (Å²) in [5, 5.41) is 3.30. The topological polar surface area (TPSA) is 60.5 Å². The summed E-state index contributed by atoms with van der Waals surface area (Å²) in [6.07, 6.45) is 4.83. The van der Waals surface area contributed by atoms with E-state index in [0.29, 0.717) is 23.8 Å². The molecule has 0 bridgehead atoms. The minimum Gasteiger partial charge on any atom is -0.462 e. The number of aromatic nitrogens is 1. The van der Waals surface area contributed by atoms with Gasteiger partial charge in [-0.15, -0.1) is 0 Å². The number of hydrogen-bond acceptors (Lipinski definition) is 5. The van der Waals surface area contributed by atoms with Gasteiger partial charge in [-0.2, -0.15) is 0 Å². The van der Waals surface area contributed by atoms with E-state index in [1.807, 2.05) is 12.1 Å². The van der Waals surface area contributed by atoms with E-state index in [2.05, 4.69) is 16.4 Å². The molecule has 0 atom stereocenters. The van der Waals surface area contributed by atoms with Gasteiger partial charge in [0.2, 0.25) is 5.88 Å². The Kier molecular flexibility index (Phi) is 5.23. The number of nitrogens with zero attached hydrogens (tertiary/aromatic N) is 1. The van der Waals surface area contributed by atoms with Gasteiger partial charge in [-0.1, -0.05) is 6.08 Å². The van der Waals surface area contributed by atoms with Gasteiger partial charge in [0.25, 0.3) is 0 Å². The van der Waals surface area contributed by atoms with Crippen LogP contribution in [0.1, 0.15) is 29.3 Å². The Morgan fingerprint density at radius 1 is 1.25 bits per heavy atom. The molecule has 24 heavy (non-hydrogen) atoms. The Morgan fingerprint density at radius 2 is 2.08 bits per heavy atom. The molecule has 0 saturated carbocycles. The van der Waals surface area contributed by atoms with Gasteiger partial charge in [-0.05, 0) is 61.9 Å². The molecule has 1 aliphatic rings. The second-order valence-electron chi connectivity index (χ2n) is 5.39. The maximum Gasteiger partial charge on any atom is 0.338 e. The van der Waals surface area contributed by atoms with Crippen LogP contribution < -0.4 is 10.1 Å². The summed E-state index contributed by atoms with van der Waals surface area (Å²) in [4.78, 5) is 16.0. The van der Waals surface area contributed by atoms with E-state index in [-0.39, 0.29) is 5.97 Å². The molecule has 0 unspecified atom stereocenters. The molecule has 3 rings (SSSR count). The van der Waals surface area contributed by atoms with Crippen LogP contribution >= 0.6 is 0 Å². The number of pyridine rings is 1. The first-order valence-electron chi connectivity index (χ1n) is 8.08. The molecule has 0 fully saturated rings. The molecule has 1 aromatic heterocycles. The first-order valence-corrected chi connectivity index (χ1v) is 8.08. The maximum absolute atomic E-state index is 11.7. The van der Waals surface area contributed by atoms with Crippen molar-refractivity contribution in [1.82, 2.24) is 10.3 Å². The normalized spacial score (nSPS) is 14.0. The van der Waals surface area contributed by atoms with Crippen LogP contribution in [0, 0.1) is 0 Å². The second-order valence-corrected chi connectivity index (χ2v) is 5.39. The zero-order chi connectivity index (χ0) is 16.8. The highest BCUT2D eigenvalue weighted by Gasteiger charge is 2.13. The predicted octanol–water partition coefficient (Wildman–Crippen LogP) is 3.43. The molecule has 0 amide bonds. The first-order chi connectivity index (χ1) is 11.8. The summed E-state index contributed by atoms with van der Waals surface area (Å²) in [5.74, 6) is 0.884. The van der Waals surface area contributed by atoms with Crippen molar-refractivity contribution in [2.45, 2.75) is 13.3 Å². The Balaban J connectivity index is 1.79. The molecule has 0 spiro atoms. The van der Waals surface area contributed by atoms with E-state index in [0.717, 1.165) is 25.1 Å². The fourth-order valence-corrected chi connectivity index (χ4v) is 2.57. The smallest absolute Gasteiger partial charge is 0.338 e. The highest BCUT2D eigenvalue weighted by molar-refractivity contribution is 5.89. The molecule has 124 valence electrons. The number of ether oxygens (including phenoxy) is 2. The van der Waals surface area contributed by atoms with Crippen LogP contribution in [0.5, 0.6) is 11.6 Å². The van der Waals surface area contributed by atoms with Crippen LogP contribution in [0.2, 0.25) is 0 Å². The third-order valence-electron chi connectivity index (χ3n) is 3.76. The van der Waals surface area contributed by atoms with Crippen LogP contribution in [0.3, 0.4) is 0 Å². The van der Waals surface area contributed by atoms with E-state index in [4.69, 9.17) is 9.47 Å². The van der Waals surface area contributed by atoms with Crippen LogP contribution in [-0.4, -0.2) is 30.6 Å². The molecule has 0 radical (unpaired) electrons. The van der Waals surface area contributed by atoms with Gasteiger partial charge >= 0.3 is 5.97 Å². The van der Waals surface area contributed by atoms with Crippen molar-refractivity contribution in [3.8, 4) is 11.6 Å². The van der Waals surface area contributed by atoms with Crippen molar-refractivity contribution >= 4 is 11.5 Å². The number of benzene rings is 1. The summed E-state index contributed by atoms with van der Waals surface area (Å²) >= 11 is 0. The van der Waals surface area contributed by atoms with Crippen molar-refractivity contribution in [2.75, 3.05) is 19.7 Å². The zero-order valence-electron chi connectivity index (χ0n) is 13.6. The molecule has 2 aromatic rings. The van der Waals surface area contributed by atoms with Crippen molar-refractivity contribution < 1.29 is 14.3 Å². The van der Waals surface area contributed by atoms with Crippen LogP contribution in [-0.2, 0) is 4.74 Å². The Hall–Kier alpha value is -2.66. The number of hydrogen-bond donors (Lipinski definition) is 1. The Labute approximate surface area is 141 Å². The molecule has 0 aliphatic carbocycles. The van der Waals surface area contributed by atoms with Crippen LogP contribution in [0.15, 0.2) is 48.7 Å². The highest BCUT2D eigenvalue weighted by Crippen LogP contribution is 2.30. The van der Waals surface area contributed by atoms with Gasteiger partial charge in [0.1, 0.15) is 5.75 Å². The van der Waals surface area contributed by atoms with Crippen molar-refractivity contribution in [3.63, 3.8) is 0 Å². The van der Waals surface area contributed by atoms with E-state index < -0.39 is 0 Å². The van der Waals surface area contributed by atoms with Crippen molar-refractivity contribution in [2.24, 2.45) is 0 Å². The number of nitrogens with one attached hydrogen (secondary N) is 1. The molecular weight excluding hydrogens is 304 g/mol. The molecule has 1 aromatic carbocycles. The van der Waals surface area contributed by atoms with Gasteiger partial charge < -0.3 is 14.8 Å². The van der Waals surface area contributed by atoms with Crippen molar-refractivity contribution in [3.05, 3.63) is 59.8 Å². The van der Waals surface area contributed by atoms with Gasteiger partial charge in [0.15, 0.2) is 0 Å². The number of rotatable bonds is 5. The maximum atomic E-state index is 11.7. The first kappa shape index (κ1) is 16.2. The average Bonchev–Trinajstić information content (AvgIpc) is 2.64. The largest absolute Gasteiger partial charge is 0.462 e. The third kappa shape index (κ3) is 3.81. The highest BCUT2D eigenvalue weighted by atomic mass is 16.5. The van der Waals surface area contributed by atoms with Crippen molar-refractivity contribution in [1.29, 1.82) is 0 Å². The lowest BCUT2D eigenvalue weighted by atomic mass is 10.0. The Bertz CT molecular complexity index is 739. The fourth-order valence-electron chi connectivity index (χ4n) is 2.57. The molecule has 1 aliphatic heterocycles. The average molecular weight is 324 g/mol. The molecule has 5 nitrogen and oxygen atoms in total. The van der Waals surface area contributed by atoms with Crippen LogP contribution in [0.4, 0.5) is 0 Å². The second kappa shape index (κ2) is 7.75. The summed E-state index contributed by atoms with van der Waals surface area (Å²) < 4.78 is 10.9. The van der Waals surface area contributed by atoms with Gasteiger partial charge in [0.05, 0.1) is 12.2 Å². The number of carbonyl (C=O) groups excluding carboxylic acids is 1. The summed E-state index contributed by atoms with van der Waals surface area (Å²) in [7, 11) is 0. The van der Waals surface area contributed by atoms with Crippen LogP contribution in [0.25, 0.3) is 5.57 Å². The fraction of sp³-hybridized carbons (Fsp3) is 0.263. The summed E-state index contributed by atoms with van der Waals surface area (Å²) in [6.45, 7) is 3.96. The molecule has 5 heteroatoms. The van der Waals surface area contributed by atoms with E-state index >= 15 is 0 Å². The minimum absolute atomic E-state index is 0.331. The van der Waals surface area contributed by atoms with Gasteiger partial charge in [-0.25, -0.2) is 9.78 Å². The SMILES string of the molecule is CCOC(=O)c1ccc(Oc2ncccc2C2=CCNCC2)cc1. The lowest BCUT2D eigenvalue weighted by molar-refractivity contribution is 0.0526. The summed E-state index contributed by atoms with van der Waals surface area (Å²) in [5.41, 5.74) is 2.75. The predicted molar refractivity (Wildman–Crippen MR) is 92.2 cm³/mol. The monoisotopic (exact) mass is 324 g/mol. The molecular formula is C19H20N2O3. The van der Waals surface area contributed by atoms with E-state index in [9.17, 15) is 4.79 Å². The zero-order valence-corrected chi connectivity index (χ0v) is 13.6. The van der Waals surface area contributed by atoms with E-state index in [1.165, 1.54) is 5.57 Å². The molecule has 2 heterocycles. The van der Waals surface area contributed by atoms with Gasteiger partial charge in [-0.3, -0.25) is 0 Å². The quantitative estimate of drug-likeness (QED) is 0.854. The Morgan fingerprint density at radius 3 is 2.79 bits per heavy atom. The molecule has 0 saturated heterocycles. The lowest BCUT2D eigenvalue weighted by Crippen LogP contribution is -2.20. The number of esters is 1. The lowest BCUT2D eigenvalue weighted by Gasteiger charge is -2.16. The minimum atomic E-state index is -0.331. The van der Waals surface area contributed by atoms with E-state index in [1.54, 1.807) is 37.4 Å². The third-order valence-corrected chi connectivity index (χ3v) is 3.76. The van der Waals surface area contributed by atoms with Gasteiger partial charge in [0, 0.05) is 18.3 Å². The summed E-state index contributed by atoms with van der Waals surface area (Å²) in [6, 6.07) is 10.8. The molecule has 1 N–H and O–H groups in total.